The van der Waals surface area contributed by atoms with E-state index in [-0.39, 0.29) is 5.56 Å². The van der Waals surface area contributed by atoms with Gasteiger partial charge in [-0.15, -0.1) is 0 Å². The van der Waals surface area contributed by atoms with Crippen molar-refractivity contribution >= 4 is 5.65 Å². The Balaban J connectivity index is 1.82. The first-order valence-corrected chi connectivity index (χ1v) is 6.18. The molecule has 0 amide bonds. The van der Waals surface area contributed by atoms with Gasteiger partial charge in [-0.05, 0) is 25.0 Å². The molecule has 0 saturated carbocycles. The van der Waals surface area contributed by atoms with E-state index < -0.39 is 0 Å². The van der Waals surface area contributed by atoms with Gasteiger partial charge in [-0.2, -0.15) is 0 Å². The maximum Gasteiger partial charge on any atom is 0.258 e. The minimum absolute atomic E-state index is 0.0260. The Kier molecular flexibility index (Phi) is 2.94. The predicted molar refractivity (Wildman–Crippen MR) is 70.5 cm³/mol. The highest BCUT2D eigenvalue weighted by molar-refractivity contribution is 5.37. The molecule has 4 heteroatoms. The lowest BCUT2D eigenvalue weighted by molar-refractivity contribution is 0.533. The monoisotopic (exact) mass is 241 g/mol. The van der Waals surface area contributed by atoms with Crippen LogP contribution in [-0.4, -0.2) is 15.4 Å². The zero-order chi connectivity index (χ0) is 12.4. The van der Waals surface area contributed by atoms with E-state index in [1.807, 2.05) is 18.2 Å². The Morgan fingerprint density at radius 1 is 1.33 bits per heavy atom. The first kappa shape index (κ1) is 11.2. The summed E-state index contributed by atoms with van der Waals surface area (Å²) in [6.45, 7) is 0.646. The van der Waals surface area contributed by atoms with Crippen LogP contribution >= 0.6 is 0 Å². The van der Waals surface area contributed by atoms with Gasteiger partial charge in [0.15, 0.2) is 0 Å². The Bertz CT molecular complexity index is 637. The predicted octanol–water partition coefficient (Wildman–Crippen LogP) is 1.50. The molecule has 92 valence electrons. The third-order valence-corrected chi connectivity index (χ3v) is 3.20. The molecule has 0 aliphatic heterocycles. The van der Waals surface area contributed by atoms with Crippen LogP contribution < -0.4 is 10.9 Å². The van der Waals surface area contributed by atoms with Gasteiger partial charge >= 0.3 is 0 Å². The molecule has 0 fully saturated rings. The lowest BCUT2D eigenvalue weighted by Crippen LogP contribution is -2.27. The molecule has 0 atom stereocenters. The summed E-state index contributed by atoms with van der Waals surface area (Å²) in [6, 6.07) is 7.66. The van der Waals surface area contributed by atoms with Crippen LogP contribution in [0.5, 0.6) is 0 Å². The van der Waals surface area contributed by atoms with Crippen molar-refractivity contribution in [3.05, 3.63) is 58.7 Å². The van der Waals surface area contributed by atoms with Gasteiger partial charge in [0.1, 0.15) is 5.65 Å². The third-order valence-electron chi connectivity index (χ3n) is 3.20. The summed E-state index contributed by atoms with van der Waals surface area (Å²) in [7, 11) is 0. The van der Waals surface area contributed by atoms with E-state index in [1.165, 1.54) is 0 Å². The topological polar surface area (TPSA) is 46.4 Å². The normalized spacial score (nSPS) is 15.6. The quantitative estimate of drug-likeness (QED) is 0.828. The van der Waals surface area contributed by atoms with Gasteiger partial charge in [-0.25, -0.2) is 4.98 Å². The molecule has 1 aliphatic rings. The Morgan fingerprint density at radius 3 is 3.00 bits per heavy atom. The van der Waals surface area contributed by atoms with E-state index in [0.717, 1.165) is 18.5 Å². The fourth-order valence-electron chi connectivity index (χ4n) is 2.23. The van der Waals surface area contributed by atoms with Crippen LogP contribution in [-0.2, 0) is 6.54 Å². The van der Waals surface area contributed by atoms with Crippen LogP contribution in [0.3, 0.4) is 0 Å². The highest BCUT2D eigenvalue weighted by Gasteiger charge is 2.09. The maximum absolute atomic E-state index is 11.9. The number of fused-ring (bicyclic) bond motifs is 1. The number of nitrogens with one attached hydrogen (secondary N) is 1. The largest absolute Gasteiger partial charge is 0.308 e. The van der Waals surface area contributed by atoms with Crippen LogP contribution in [0.25, 0.3) is 5.65 Å². The first-order chi connectivity index (χ1) is 8.83. The van der Waals surface area contributed by atoms with Crippen molar-refractivity contribution in [1.29, 1.82) is 0 Å². The Labute approximate surface area is 105 Å². The summed E-state index contributed by atoms with van der Waals surface area (Å²) in [5.41, 5.74) is 1.48. The fraction of sp³-hybridized carbons (Fsp3) is 0.286. The van der Waals surface area contributed by atoms with E-state index in [4.69, 9.17) is 0 Å². The highest BCUT2D eigenvalue weighted by atomic mass is 16.1. The Morgan fingerprint density at radius 2 is 2.17 bits per heavy atom. The number of hydrogen-bond acceptors (Lipinski definition) is 3. The average Bonchev–Trinajstić information content (AvgIpc) is 2.90. The molecule has 0 unspecified atom stereocenters. The number of nitrogens with zero attached hydrogens (tertiary/aromatic N) is 2. The lowest BCUT2D eigenvalue weighted by Gasteiger charge is -2.11. The molecule has 2 heterocycles. The molecule has 0 bridgehead atoms. The van der Waals surface area contributed by atoms with Crippen molar-refractivity contribution in [3.8, 4) is 0 Å². The van der Waals surface area contributed by atoms with Gasteiger partial charge in [0, 0.05) is 24.8 Å². The molecule has 2 aromatic rings. The van der Waals surface area contributed by atoms with Crippen molar-refractivity contribution in [1.82, 2.24) is 14.7 Å². The number of pyridine rings is 1. The van der Waals surface area contributed by atoms with Gasteiger partial charge in [0.2, 0.25) is 0 Å². The maximum atomic E-state index is 11.9. The van der Waals surface area contributed by atoms with Gasteiger partial charge in [0.25, 0.3) is 5.56 Å². The molecule has 1 aliphatic carbocycles. The molecule has 2 aromatic heterocycles. The summed E-state index contributed by atoms with van der Waals surface area (Å²) in [5.74, 6) is 0. The molecule has 4 nitrogen and oxygen atoms in total. The van der Waals surface area contributed by atoms with Crippen molar-refractivity contribution in [2.45, 2.75) is 25.4 Å². The fourth-order valence-corrected chi connectivity index (χ4v) is 2.23. The van der Waals surface area contributed by atoms with Crippen molar-refractivity contribution < 1.29 is 0 Å². The van der Waals surface area contributed by atoms with Gasteiger partial charge < -0.3 is 5.32 Å². The van der Waals surface area contributed by atoms with Crippen molar-refractivity contribution in [3.63, 3.8) is 0 Å². The van der Waals surface area contributed by atoms with E-state index in [9.17, 15) is 4.79 Å². The molecule has 0 radical (unpaired) electrons. The molecular formula is C14H15N3O. The van der Waals surface area contributed by atoms with E-state index >= 15 is 0 Å². The summed E-state index contributed by atoms with van der Waals surface area (Å²) < 4.78 is 1.56. The zero-order valence-corrected chi connectivity index (χ0v) is 10.0. The Hall–Kier alpha value is -1.94. The molecule has 3 rings (SSSR count). The second kappa shape index (κ2) is 4.74. The average molecular weight is 241 g/mol. The summed E-state index contributed by atoms with van der Waals surface area (Å²) in [5, 5.41) is 3.42. The van der Waals surface area contributed by atoms with Crippen LogP contribution in [0.2, 0.25) is 0 Å². The first-order valence-electron chi connectivity index (χ1n) is 6.18. The van der Waals surface area contributed by atoms with Gasteiger partial charge in [-0.3, -0.25) is 9.20 Å². The SMILES string of the molecule is O=c1cc(CNC2CC=CC2)nc2ccccn12. The number of hydrogen-bond donors (Lipinski definition) is 1. The van der Waals surface area contributed by atoms with E-state index in [1.54, 1.807) is 16.7 Å². The molecular weight excluding hydrogens is 226 g/mol. The highest BCUT2D eigenvalue weighted by Crippen LogP contribution is 2.09. The van der Waals surface area contributed by atoms with Gasteiger partial charge in [-0.1, -0.05) is 18.2 Å². The van der Waals surface area contributed by atoms with Crippen molar-refractivity contribution in [2.24, 2.45) is 0 Å². The molecule has 1 N–H and O–H groups in total. The number of aromatic nitrogens is 2. The van der Waals surface area contributed by atoms with E-state index in [2.05, 4.69) is 22.5 Å². The summed E-state index contributed by atoms with van der Waals surface area (Å²) >= 11 is 0. The third kappa shape index (κ3) is 2.19. The van der Waals surface area contributed by atoms with Crippen LogP contribution in [0.15, 0.2) is 47.4 Å². The van der Waals surface area contributed by atoms with Crippen LogP contribution in [0, 0.1) is 0 Å². The standard InChI is InChI=1S/C14H15N3O/c18-14-9-12(10-15-11-5-1-2-6-11)16-13-7-3-4-8-17(13)14/h1-4,7-9,11,15H,5-6,10H2. The summed E-state index contributed by atoms with van der Waals surface area (Å²) in [6.07, 6.45) is 8.22. The second-order valence-electron chi connectivity index (χ2n) is 4.54. The molecule has 0 aromatic carbocycles. The zero-order valence-electron chi connectivity index (χ0n) is 10.0. The minimum atomic E-state index is -0.0260. The second-order valence-corrected chi connectivity index (χ2v) is 4.54. The molecule has 18 heavy (non-hydrogen) atoms. The minimum Gasteiger partial charge on any atom is -0.308 e. The lowest BCUT2D eigenvalue weighted by atomic mass is 10.2. The summed E-state index contributed by atoms with van der Waals surface area (Å²) in [4.78, 5) is 16.4. The van der Waals surface area contributed by atoms with E-state index in [0.29, 0.717) is 18.2 Å². The van der Waals surface area contributed by atoms with Gasteiger partial charge in [0.05, 0.1) is 5.69 Å². The molecule has 0 saturated heterocycles. The van der Waals surface area contributed by atoms with Crippen LogP contribution in [0.4, 0.5) is 0 Å². The van der Waals surface area contributed by atoms with Crippen molar-refractivity contribution in [2.75, 3.05) is 0 Å². The molecule has 0 spiro atoms. The number of rotatable bonds is 3. The smallest absolute Gasteiger partial charge is 0.258 e. The van der Waals surface area contributed by atoms with Crippen LogP contribution in [0.1, 0.15) is 18.5 Å².